The van der Waals surface area contributed by atoms with E-state index in [0.717, 1.165) is 25.7 Å². The van der Waals surface area contributed by atoms with Gasteiger partial charge in [0.15, 0.2) is 0 Å². The summed E-state index contributed by atoms with van der Waals surface area (Å²) in [6, 6.07) is -0.478. The molecule has 1 N–H and O–H groups in total. The average Bonchev–Trinajstić information content (AvgIpc) is 2.66. The van der Waals surface area contributed by atoms with Gasteiger partial charge in [-0.1, -0.05) is 32.6 Å². The fraction of sp³-hybridized carbons (Fsp3) is 0.786. The summed E-state index contributed by atoms with van der Waals surface area (Å²) in [7, 11) is 0. The summed E-state index contributed by atoms with van der Waals surface area (Å²) in [6.45, 7) is 1.90. The molecule has 1 saturated heterocycles. The number of rotatable bonds is 2. The number of imide groups is 1. The Morgan fingerprint density at radius 3 is 2.42 bits per heavy atom. The van der Waals surface area contributed by atoms with Gasteiger partial charge in [0, 0.05) is 5.92 Å². The molecule has 0 bridgehead atoms. The lowest BCUT2D eigenvalue weighted by Gasteiger charge is -2.35. The SMILES string of the molecule is CCC1C(=O)NC(=O)CN1C(=O)C1CCCCCC1. The average molecular weight is 266 g/mol. The van der Waals surface area contributed by atoms with Gasteiger partial charge in [-0.25, -0.2) is 0 Å². The minimum Gasteiger partial charge on any atom is -0.321 e. The first-order valence-electron chi connectivity index (χ1n) is 7.27. The van der Waals surface area contributed by atoms with Crippen molar-refractivity contribution >= 4 is 17.7 Å². The molecule has 0 spiro atoms. The van der Waals surface area contributed by atoms with Gasteiger partial charge in [0.25, 0.3) is 0 Å². The zero-order chi connectivity index (χ0) is 13.8. The first kappa shape index (κ1) is 14.0. The quantitative estimate of drug-likeness (QED) is 0.603. The fourth-order valence-corrected chi connectivity index (χ4v) is 3.06. The maximum atomic E-state index is 12.6. The van der Waals surface area contributed by atoms with E-state index >= 15 is 0 Å². The molecule has 0 aromatic rings. The zero-order valence-corrected chi connectivity index (χ0v) is 11.5. The van der Waals surface area contributed by atoms with Crippen LogP contribution in [0.2, 0.25) is 0 Å². The zero-order valence-electron chi connectivity index (χ0n) is 11.5. The Morgan fingerprint density at radius 2 is 1.84 bits per heavy atom. The van der Waals surface area contributed by atoms with Crippen molar-refractivity contribution in [1.82, 2.24) is 10.2 Å². The van der Waals surface area contributed by atoms with Crippen molar-refractivity contribution in [2.24, 2.45) is 5.92 Å². The molecule has 1 atom stereocenters. The van der Waals surface area contributed by atoms with Gasteiger partial charge in [0.2, 0.25) is 17.7 Å². The molecule has 0 aromatic carbocycles. The predicted octanol–water partition coefficient (Wildman–Crippen LogP) is 1.22. The smallest absolute Gasteiger partial charge is 0.249 e. The highest BCUT2D eigenvalue weighted by atomic mass is 16.2. The molecule has 106 valence electrons. The summed E-state index contributed by atoms with van der Waals surface area (Å²) in [5.41, 5.74) is 0. The first-order valence-corrected chi connectivity index (χ1v) is 7.27. The van der Waals surface area contributed by atoms with Crippen LogP contribution in [0.25, 0.3) is 0 Å². The number of nitrogens with zero attached hydrogens (tertiary/aromatic N) is 1. The van der Waals surface area contributed by atoms with Gasteiger partial charge in [-0.05, 0) is 19.3 Å². The number of amides is 3. The van der Waals surface area contributed by atoms with Crippen molar-refractivity contribution < 1.29 is 14.4 Å². The van der Waals surface area contributed by atoms with E-state index in [9.17, 15) is 14.4 Å². The van der Waals surface area contributed by atoms with E-state index in [0.29, 0.717) is 6.42 Å². The molecule has 19 heavy (non-hydrogen) atoms. The molecule has 1 unspecified atom stereocenters. The molecular weight excluding hydrogens is 244 g/mol. The maximum absolute atomic E-state index is 12.6. The predicted molar refractivity (Wildman–Crippen MR) is 70.1 cm³/mol. The monoisotopic (exact) mass is 266 g/mol. The Bertz CT molecular complexity index is 373. The molecule has 2 rings (SSSR count). The van der Waals surface area contributed by atoms with Crippen molar-refractivity contribution in [3.8, 4) is 0 Å². The van der Waals surface area contributed by atoms with Crippen molar-refractivity contribution in [2.75, 3.05) is 6.54 Å². The Balaban J connectivity index is 2.10. The fourth-order valence-electron chi connectivity index (χ4n) is 3.06. The summed E-state index contributed by atoms with van der Waals surface area (Å²) >= 11 is 0. The van der Waals surface area contributed by atoms with Gasteiger partial charge in [-0.15, -0.1) is 0 Å². The molecule has 0 radical (unpaired) electrons. The molecule has 1 saturated carbocycles. The van der Waals surface area contributed by atoms with Crippen LogP contribution in [0.3, 0.4) is 0 Å². The van der Waals surface area contributed by atoms with E-state index in [2.05, 4.69) is 5.32 Å². The Labute approximate surface area is 113 Å². The van der Waals surface area contributed by atoms with Gasteiger partial charge in [0.1, 0.15) is 12.6 Å². The van der Waals surface area contributed by atoms with E-state index in [1.54, 1.807) is 0 Å². The second-order valence-corrected chi connectivity index (χ2v) is 5.49. The topological polar surface area (TPSA) is 66.5 Å². The van der Waals surface area contributed by atoms with E-state index in [1.807, 2.05) is 6.92 Å². The molecule has 1 heterocycles. The third-order valence-corrected chi connectivity index (χ3v) is 4.13. The second-order valence-electron chi connectivity index (χ2n) is 5.49. The van der Waals surface area contributed by atoms with E-state index < -0.39 is 6.04 Å². The summed E-state index contributed by atoms with van der Waals surface area (Å²) in [5.74, 6) is -0.704. The maximum Gasteiger partial charge on any atom is 0.249 e. The Morgan fingerprint density at radius 1 is 1.21 bits per heavy atom. The van der Waals surface area contributed by atoms with E-state index in [-0.39, 0.29) is 30.2 Å². The number of hydrogen-bond acceptors (Lipinski definition) is 3. The van der Waals surface area contributed by atoms with Gasteiger partial charge >= 0.3 is 0 Å². The van der Waals surface area contributed by atoms with Gasteiger partial charge in [-0.2, -0.15) is 0 Å². The normalized spacial score (nSPS) is 25.9. The number of carbonyl (C=O) groups is 3. The summed E-state index contributed by atoms with van der Waals surface area (Å²) < 4.78 is 0. The molecule has 5 heteroatoms. The number of piperazine rings is 1. The lowest BCUT2D eigenvalue weighted by molar-refractivity contribution is -0.152. The Hall–Kier alpha value is -1.39. The van der Waals surface area contributed by atoms with Crippen molar-refractivity contribution in [2.45, 2.75) is 57.9 Å². The Kier molecular flexibility index (Phi) is 4.56. The summed E-state index contributed by atoms with van der Waals surface area (Å²) in [5, 5.41) is 2.31. The van der Waals surface area contributed by atoms with E-state index in [1.165, 1.54) is 17.7 Å². The summed E-state index contributed by atoms with van der Waals surface area (Å²) in [4.78, 5) is 37.3. The molecule has 0 aromatic heterocycles. The third-order valence-electron chi connectivity index (χ3n) is 4.13. The van der Waals surface area contributed by atoms with Crippen LogP contribution in [-0.4, -0.2) is 35.2 Å². The van der Waals surface area contributed by atoms with Crippen LogP contribution in [0.4, 0.5) is 0 Å². The molecule has 1 aliphatic carbocycles. The van der Waals surface area contributed by atoms with Crippen LogP contribution < -0.4 is 5.32 Å². The van der Waals surface area contributed by atoms with Crippen LogP contribution in [0, 0.1) is 5.92 Å². The van der Waals surface area contributed by atoms with Gasteiger partial charge in [-0.3, -0.25) is 19.7 Å². The highest BCUT2D eigenvalue weighted by Crippen LogP contribution is 2.26. The highest BCUT2D eigenvalue weighted by Gasteiger charge is 2.37. The third kappa shape index (κ3) is 3.14. The first-order chi connectivity index (χ1) is 9.13. The van der Waals surface area contributed by atoms with Gasteiger partial charge in [0.05, 0.1) is 0 Å². The number of hydrogen-bond donors (Lipinski definition) is 1. The van der Waals surface area contributed by atoms with Crippen LogP contribution >= 0.6 is 0 Å². The summed E-state index contributed by atoms with van der Waals surface area (Å²) in [6.07, 6.45) is 6.84. The number of carbonyl (C=O) groups excluding carboxylic acids is 3. The standard InChI is InChI=1S/C14H22N2O3/c1-2-11-13(18)15-12(17)9-16(11)14(19)10-7-5-3-4-6-8-10/h10-11H,2-9H2,1H3,(H,15,17,18). The van der Waals surface area contributed by atoms with Crippen molar-refractivity contribution in [3.63, 3.8) is 0 Å². The highest BCUT2D eigenvalue weighted by molar-refractivity contribution is 6.04. The van der Waals surface area contributed by atoms with Crippen LogP contribution in [0.5, 0.6) is 0 Å². The van der Waals surface area contributed by atoms with Gasteiger partial charge < -0.3 is 4.90 Å². The van der Waals surface area contributed by atoms with Crippen LogP contribution in [-0.2, 0) is 14.4 Å². The lowest BCUT2D eigenvalue weighted by atomic mass is 9.96. The largest absolute Gasteiger partial charge is 0.321 e. The minimum absolute atomic E-state index is 0.00282. The minimum atomic E-state index is -0.478. The number of nitrogens with one attached hydrogen (secondary N) is 1. The molecule has 5 nitrogen and oxygen atoms in total. The molecule has 2 fully saturated rings. The second kappa shape index (κ2) is 6.17. The van der Waals surface area contributed by atoms with Crippen LogP contribution in [0.1, 0.15) is 51.9 Å². The van der Waals surface area contributed by atoms with Crippen molar-refractivity contribution in [1.29, 1.82) is 0 Å². The van der Waals surface area contributed by atoms with Crippen molar-refractivity contribution in [3.05, 3.63) is 0 Å². The van der Waals surface area contributed by atoms with E-state index in [4.69, 9.17) is 0 Å². The van der Waals surface area contributed by atoms with Crippen LogP contribution in [0.15, 0.2) is 0 Å². The molecule has 3 amide bonds. The lowest BCUT2D eigenvalue weighted by Crippen LogP contribution is -2.60. The molecule has 2 aliphatic rings. The molecular formula is C14H22N2O3. The molecule has 1 aliphatic heterocycles.